The molecule has 11 heteroatoms. The van der Waals surface area contributed by atoms with Gasteiger partial charge in [0.25, 0.3) is 5.56 Å². The SMILES string of the molecule is CC(C)(C)[Si](C)(C)OCc1cncc(-c2cc(F)c(NC(=O)N3[C@H]4CC[C@@H]3c3n[nH]c(=O)cc3C4)cc2Cl)c1. The first-order chi connectivity index (χ1) is 18.3. The fourth-order valence-corrected chi connectivity index (χ4v) is 6.29. The molecule has 3 aromatic rings. The molecule has 2 N–H and O–H groups in total. The summed E-state index contributed by atoms with van der Waals surface area (Å²) < 4.78 is 21.6. The zero-order valence-electron chi connectivity index (χ0n) is 22.8. The van der Waals surface area contributed by atoms with Crippen LogP contribution in [-0.4, -0.2) is 40.5 Å². The summed E-state index contributed by atoms with van der Waals surface area (Å²) >= 11 is 6.59. The summed E-state index contributed by atoms with van der Waals surface area (Å²) in [7, 11) is -1.95. The predicted octanol–water partition coefficient (Wildman–Crippen LogP) is 6.44. The lowest BCUT2D eigenvalue weighted by Gasteiger charge is -2.36. The van der Waals surface area contributed by atoms with E-state index in [2.05, 4.69) is 54.4 Å². The first kappa shape index (κ1) is 27.5. The molecule has 2 bridgehead atoms. The standard InChI is InChI=1S/C28H33ClFN5O3Si/c1-28(2,3)39(4,5)38-15-16-8-18(14-31-13-16)20-11-22(30)23(12-21(20)29)32-27(37)35-19-6-7-24(35)26-17(9-19)10-25(36)33-34-26/h8,10-14,19,24H,6-7,9,15H2,1-5H3,(H,32,37)(H,33,36)/t19-,24+/m0/s1. The maximum atomic E-state index is 15.3. The molecule has 1 saturated heterocycles. The molecular formula is C28H33ClFN5O3Si. The third-order valence-corrected chi connectivity index (χ3v) is 13.0. The number of benzene rings is 1. The number of aromatic amines is 1. The largest absolute Gasteiger partial charge is 0.413 e. The van der Waals surface area contributed by atoms with Crippen molar-refractivity contribution in [1.82, 2.24) is 20.1 Å². The van der Waals surface area contributed by atoms with Gasteiger partial charge in [-0.2, -0.15) is 5.10 Å². The average molecular weight is 570 g/mol. The molecule has 206 valence electrons. The molecular weight excluding hydrogens is 537 g/mol. The number of carbonyl (C=O) groups is 1. The molecule has 0 spiro atoms. The van der Waals surface area contributed by atoms with Crippen molar-refractivity contribution in [3.8, 4) is 11.1 Å². The van der Waals surface area contributed by atoms with Crippen LogP contribution in [0.15, 0.2) is 41.5 Å². The quantitative estimate of drug-likeness (QED) is 0.344. The monoisotopic (exact) mass is 569 g/mol. The Balaban J connectivity index is 1.33. The summed E-state index contributed by atoms with van der Waals surface area (Å²) in [4.78, 5) is 31.0. The van der Waals surface area contributed by atoms with Crippen LogP contribution in [0, 0.1) is 5.82 Å². The molecule has 0 radical (unpaired) electrons. The van der Waals surface area contributed by atoms with E-state index >= 15 is 4.39 Å². The number of rotatable bonds is 5. The summed E-state index contributed by atoms with van der Waals surface area (Å²) in [5, 5.41) is 9.73. The Kier molecular flexibility index (Phi) is 7.15. The van der Waals surface area contributed by atoms with Crippen LogP contribution >= 0.6 is 11.6 Å². The van der Waals surface area contributed by atoms with E-state index in [9.17, 15) is 9.59 Å². The van der Waals surface area contributed by atoms with E-state index in [0.717, 1.165) is 24.0 Å². The minimum absolute atomic E-state index is 0.00116. The molecule has 2 aromatic heterocycles. The first-order valence-electron chi connectivity index (χ1n) is 13.1. The van der Waals surface area contributed by atoms with E-state index in [1.807, 2.05) is 6.07 Å². The summed E-state index contributed by atoms with van der Waals surface area (Å²) in [6.45, 7) is 11.3. The van der Waals surface area contributed by atoms with Crippen molar-refractivity contribution in [2.45, 2.75) is 76.9 Å². The van der Waals surface area contributed by atoms with Crippen molar-refractivity contribution in [1.29, 1.82) is 0 Å². The van der Waals surface area contributed by atoms with Crippen molar-refractivity contribution < 1.29 is 13.6 Å². The van der Waals surface area contributed by atoms with Crippen LogP contribution in [0.25, 0.3) is 11.1 Å². The summed E-state index contributed by atoms with van der Waals surface area (Å²) in [6, 6.07) is 5.43. The minimum Gasteiger partial charge on any atom is -0.413 e. The fourth-order valence-electron chi connectivity index (χ4n) is 5.05. The van der Waals surface area contributed by atoms with Crippen molar-refractivity contribution >= 4 is 31.6 Å². The van der Waals surface area contributed by atoms with Crippen LogP contribution in [0.5, 0.6) is 0 Å². The van der Waals surface area contributed by atoms with Crippen molar-refractivity contribution in [2.24, 2.45) is 0 Å². The third kappa shape index (κ3) is 5.37. The number of fused-ring (bicyclic) bond motifs is 4. The number of amides is 2. The lowest BCUT2D eigenvalue weighted by molar-refractivity contribution is 0.177. The summed E-state index contributed by atoms with van der Waals surface area (Å²) in [5.41, 5.74) is 3.32. The van der Waals surface area contributed by atoms with Crippen molar-refractivity contribution in [2.75, 3.05) is 5.32 Å². The highest BCUT2D eigenvalue weighted by atomic mass is 35.5. The van der Waals surface area contributed by atoms with Crippen molar-refractivity contribution in [3.63, 3.8) is 0 Å². The van der Waals surface area contributed by atoms with Crippen LogP contribution in [0.2, 0.25) is 23.2 Å². The van der Waals surface area contributed by atoms with E-state index in [-0.39, 0.29) is 28.4 Å². The lowest BCUT2D eigenvalue weighted by atomic mass is 9.99. The van der Waals surface area contributed by atoms with Gasteiger partial charge in [0.05, 0.1) is 29.1 Å². The number of halogens is 2. The molecule has 0 aliphatic carbocycles. The normalized spacial score (nSPS) is 18.7. The molecule has 2 amide bonds. The number of urea groups is 1. The van der Waals surface area contributed by atoms with Gasteiger partial charge in [-0.3, -0.25) is 9.78 Å². The molecule has 1 aromatic carbocycles. The minimum atomic E-state index is -1.95. The number of H-pyrrole nitrogens is 1. The second-order valence-electron chi connectivity index (χ2n) is 11.9. The van der Waals surface area contributed by atoms with Gasteiger partial charge in [-0.25, -0.2) is 14.3 Å². The Bertz CT molecular complexity index is 1490. The Labute approximate surface area is 233 Å². The number of carbonyl (C=O) groups excluding carboxylic acids is 1. The smallest absolute Gasteiger partial charge is 0.322 e. The maximum absolute atomic E-state index is 15.3. The van der Waals surface area contributed by atoms with E-state index in [1.165, 1.54) is 12.1 Å². The highest BCUT2D eigenvalue weighted by Crippen LogP contribution is 2.43. The highest BCUT2D eigenvalue weighted by molar-refractivity contribution is 6.74. The molecule has 4 heterocycles. The molecule has 0 unspecified atom stereocenters. The molecule has 2 atom stereocenters. The van der Waals surface area contributed by atoms with E-state index in [4.69, 9.17) is 16.0 Å². The van der Waals surface area contributed by atoms with Gasteiger partial charge in [-0.1, -0.05) is 32.4 Å². The Morgan fingerprint density at radius 2 is 2.00 bits per heavy atom. The van der Waals surface area contributed by atoms with E-state index < -0.39 is 20.2 Å². The predicted molar refractivity (Wildman–Crippen MR) is 152 cm³/mol. The van der Waals surface area contributed by atoms with E-state index in [0.29, 0.717) is 34.9 Å². The average Bonchev–Trinajstić information content (AvgIpc) is 3.19. The van der Waals surface area contributed by atoms with Gasteiger partial charge in [-0.15, -0.1) is 0 Å². The zero-order chi connectivity index (χ0) is 28.1. The number of hydrogen-bond donors (Lipinski definition) is 2. The Morgan fingerprint density at radius 3 is 2.74 bits per heavy atom. The second kappa shape index (κ2) is 10.1. The van der Waals surface area contributed by atoms with Gasteiger partial charge < -0.3 is 14.6 Å². The van der Waals surface area contributed by atoms with Crippen LogP contribution in [-0.2, 0) is 17.5 Å². The molecule has 8 nitrogen and oxygen atoms in total. The van der Waals surface area contributed by atoms with Gasteiger partial charge >= 0.3 is 6.03 Å². The van der Waals surface area contributed by atoms with E-state index in [1.54, 1.807) is 23.4 Å². The Morgan fingerprint density at radius 1 is 1.23 bits per heavy atom. The van der Waals surface area contributed by atoms with Gasteiger partial charge in [0, 0.05) is 35.6 Å². The zero-order valence-corrected chi connectivity index (χ0v) is 24.5. The topological polar surface area (TPSA) is 100 Å². The number of nitrogens with zero attached hydrogens (tertiary/aromatic N) is 3. The fraction of sp³-hybridized carbons (Fsp3) is 0.429. The number of hydrogen-bond acceptors (Lipinski definition) is 5. The second-order valence-corrected chi connectivity index (χ2v) is 17.1. The molecule has 2 aliphatic heterocycles. The molecule has 2 aliphatic rings. The van der Waals surface area contributed by atoms with Gasteiger partial charge in [0.2, 0.25) is 0 Å². The van der Waals surface area contributed by atoms with Gasteiger partial charge in [0.1, 0.15) is 5.82 Å². The van der Waals surface area contributed by atoms with Crippen LogP contribution in [0.3, 0.4) is 0 Å². The highest BCUT2D eigenvalue weighted by Gasteiger charge is 2.44. The molecule has 1 fully saturated rings. The summed E-state index contributed by atoms with van der Waals surface area (Å²) in [5.74, 6) is -0.599. The molecule has 5 rings (SSSR count). The number of pyridine rings is 1. The van der Waals surface area contributed by atoms with Gasteiger partial charge in [0.15, 0.2) is 8.32 Å². The van der Waals surface area contributed by atoms with Crippen molar-refractivity contribution in [3.05, 3.63) is 74.7 Å². The molecule has 39 heavy (non-hydrogen) atoms. The number of aromatic nitrogens is 3. The maximum Gasteiger partial charge on any atom is 0.322 e. The van der Waals surface area contributed by atoms with Gasteiger partial charge in [-0.05, 0) is 66.7 Å². The van der Waals surface area contributed by atoms with Crippen LogP contribution in [0.4, 0.5) is 14.9 Å². The van der Waals surface area contributed by atoms with Crippen LogP contribution in [0.1, 0.15) is 56.5 Å². The Hall–Kier alpha value is -3.08. The van der Waals surface area contributed by atoms with Crippen LogP contribution < -0.4 is 10.9 Å². The molecule has 0 saturated carbocycles. The third-order valence-electron chi connectivity index (χ3n) is 8.24. The number of anilines is 1. The first-order valence-corrected chi connectivity index (χ1v) is 16.4. The lowest BCUT2D eigenvalue weighted by Crippen LogP contribution is -2.45. The summed E-state index contributed by atoms with van der Waals surface area (Å²) in [6.07, 6.45) is 5.43. The number of nitrogens with one attached hydrogen (secondary N) is 2.